The monoisotopic (exact) mass is 210 g/mol. The van der Waals surface area contributed by atoms with E-state index in [0.29, 0.717) is 0 Å². The molecule has 5 nitrogen and oxygen atoms in total. The van der Waals surface area contributed by atoms with Crippen molar-refractivity contribution < 1.29 is 16.4 Å². The van der Waals surface area contributed by atoms with Crippen molar-refractivity contribution >= 4 is 63.0 Å². The Morgan fingerprint density at radius 1 is 0.800 bits per heavy atom. The molecule has 0 aromatic heterocycles. The summed E-state index contributed by atoms with van der Waals surface area (Å²) in [6, 6.07) is 0. The Bertz CT molecular complexity index is 77.5. The first-order valence-electron chi connectivity index (χ1n) is 0.855. The molecule has 0 saturated carbocycles. The van der Waals surface area contributed by atoms with Gasteiger partial charge in [0.2, 0.25) is 0 Å². The van der Waals surface area contributed by atoms with Crippen LogP contribution >= 0.6 is 0 Å². The first-order valence-corrected chi connectivity index (χ1v) is 1.67. The summed E-state index contributed by atoms with van der Waals surface area (Å²) in [5.74, 6) is 0. The minimum absolute atomic E-state index is 0. The molecule has 0 atom stereocenters. The predicted octanol–water partition coefficient (Wildman–Crippen LogP) is -2.83. The zero-order chi connectivity index (χ0) is 5.41. The van der Waals surface area contributed by atoms with Gasteiger partial charge in [-0.05, 0) is 0 Å². The summed E-state index contributed by atoms with van der Waals surface area (Å²) in [6.07, 6.45) is 0. The molecule has 56 valence electrons. The van der Waals surface area contributed by atoms with Gasteiger partial charge in [-0.2, -0.15) is 0 Å². The third-order valence-electron chi connectivity index (χ3n) is 0. The van der Waals surface area contributed by atoms with Crippen LogP contribution in [-0.2, 0) is 25.3 Å². The van der Waals surface area contributed by atoms with Crippen molar-refractivity contribution in [2.75, 3.05) is 0 Å². The number of nitriles is 2. The second kappa shape index (κ2) is 107. The molecule has 0 spiro atoms. The summed E-state index contributed by atoms with van der Waals surface area (Å²) >= 11 is 7.40. The van der Waals surface area contributed by atoms with Crippen LogP contribution in [-0.4, -0.2) is 54.2 Å². The first kappa shape index (κ1) is 46.4. The van der Waals surface area contributed by atoms with E-state index in [1.54, 1.807) is 0 Å². The summed E-state index contributed by atoms with van der Waals surface area (Å²) in [7, 11) is 0. The third kappa shape index (κ3) is 1560. The van der Waals surface area contributed by atoms with Gasteiger partial charge in [-0.15, -0.1) is 0 Å². The van der Waals surface area contributed by atoms with Gasteiger partial charge in [0, 0.05) is 0 Å². The van der Waals surface area contributed by atoms with Crippen LogP contribution < -0.4 is 0 Å². The molecule has 0 saturated heterocycles. The first-order chi connectivity index (χ1) is 2.83. The summed E-state index contributed by atoms with van der Waals surface area (Å²) < 4.78 is 0. The third-order valence-corrected chi connectivity index (χ3v) is 0. The van der Waals surface area contributed by atoms with Gasteiger partial charge < -0.3 is 41.7 Å². The largest absolute Gasteiger partial charge is 2.00 e. The van der Waals surface area contributed by atoms with Crippen LogP contribution in [0.25, 0.3) is 0 Å². The Balaban J connectivity index is -0.00000000571. The van der Waals surface area contributed by atoms with Crippen molar-refractivity contribution in [3.63, 3.8) is 0 Å². The van der Waals surface area contributed by atoms with Crippen LogP contribution in [0.2, 0.25) is 0 Å². The van der Waals surface area contributed by atoms with Crippen molar-refractivity contribution in [1.29, 1.82) is 10.5 Å². The van der Waals surface area contributed by atoms with Gasteiger partial charge in [-0.3, -0.25) is 0 Å². The van der Waals surface area contributed by atoms with E-state index >= 15 is 0 Å². The van der Waals surface area contributed by atoms with E-state index in [2.05, 4.69) is 25.3 Å². The molecule has 0 aliphatic carbocycles. The van der Waals surface area contributed by atoms with Crippen molar-refractivity contribution in [3.8, 4) is 10.8 Å². The minimum atomic E-state index is 0. The molecule has 0 aromatic carbocycles. The Hall–Kier alpha value is 0.560. The van der Waals surface area contributed by atoms with Crippen molar-refractivity contribution in [2.45, 2.75) is 0 Å². The molecule has 0 radical (unpaired) electrons. The minimum Gasteiger partial charge on any atom is -0.696 e. The molecule has 10 heavy (non-hydrogen) atoms. The summed E-state index contributed by atoms with van der Waals surface area (Å²) in [6.45, 7) is 0. The smallest absolute Gasteiger partial charge is 0.696 e. The SMILES string of the molecule is N#C[S-].N#C[S-].O.O.O.[Ca+2]. The second-order valence-corrected chi connectivity index (χ2v) is 0.548. The zero-order valence-corrected chi connectivity index (χ0v) is 8.76. The summed E-state index contributed by atoms with van der Waals surface area (Å²) in [5.41, 5.74) is 0. The Labute approximate surface area is 99.8 Å². The predicted molar refractivity (Wildman–Crippen MR) is 42.6 cm³/mol. The molecule has 0 fully saturated rings. The molecule has 8 heteroatoms. The normalized spacial score (nSPS) is 1.40. The number of nitrogens with zero attached hydrogens (tertiary/aromatic N) is 2. The van der Waals surface area contributed by atoms with Crippen LogP contribution in [0.4, 0.5) is 0 Å². The van der Waals surface area contributed by atoms with Gasteiger partial charge >= 0.3 is 37.7 Å². The molecule has 0 amide bonds. The van der Waals surface area contributed by atoms with E-state index in [0.717, 1.165) is 0 Å². The van der Waals surface area contributed by atoms with Crippen LogP contribution in [0.5, 0.6) is 0 Å². The average Bonchev–Trinajstić information content (AvgIpc) is 1.39. The maximum Gasteiger partial charge on any atom is 2.00 e. The molecule has 0 rings (SSSR count). The van der Waals surface area contributed by atoms with Crippen molar-refractivity contribution in [1.82, 2.24) is 0 Å². The second-order valence-electron chi connectivity index (χ2n) is 0.183. The summed E-state index contributed by atoms with van der Waals surface area (Å²) in [4.78, 5) is 0. The van der Waals surface area contributed by atoms with E-state index in [9.17, 15) is 0 Å². The van der Waals surface area contributed by atoms with Gasteiger partial charge in [-0.25, -0.2) is 10.5 Å². The van der Waals surface area contributed by atoms with Gasteiger partial charge in [0.1, 0.15) is 0 Å². The van der Waals surface area contributed by atoms with Crippen LogP contribution in [0.15, 0.2) is 0 Å². The van der Waals surface area contributed by atoms with Gasteiger partial charge in [0.15, 0.2) is 0 Å². The molecule has 0 bridgehead atoms. The fourth-order valence-electron chi connectivity index (χ4n) is 0. The van der Waals surface area contributed by atoms with Crippen LogP contribution in [0, 0.1) is 21.3 Å². The zero-order valence-electron chi connectivity index (χ0n) is 4.92. The van der Waals surface area contributed by atoms with Gasteiger partial charge in [0.25, 0.3) is 0 Å². The summed E-state index contributed by atoms with van der Waals surface area (Å²) in [5, 5.41) is 16.9. The molecular formula is C2H6CaN2O3S2. The van der Waals surface area contributed by atoms with Gasteiger partial charge in [0.05, 0.1) is 0 Å². The number of thiocyanates is 2. The maximum atomic E-state index is 7.13. The van der Waals surface area contributed by atoms with Crippen LogP contribution in [0.3, 0.4) is 0 Å². The molecule has 0 aliphatic rings. The van der Waals surface area contributed by atoms with E-state index in [1.165, 1.54) is 10.8 Å². The Kier molecular flexibility index (Phi) is 496. The van der Waals surface area contributed by atoms with Crippen molar-refractivity contribution in [3.05, 3.63) is 0 Å². The molecule has 6 N–H and O–H groups in total. The number of hydrogen-bond acceptors (Lipinski definition) is 4. The molecule has 0 aromatic rings. The van der Waals surface area contributed by atoms with E-state index in [1.807, 2.05) is 0 Å². The van der Waals surface area contributed by atoms with E-state index < -0.39 is 0 Å². The fourth-order valence-corrected chi connectivity index (χ4v) is 0. The molecule has 0 unspecified atom stereocenters. The van der Waals surface area contributed by atoms with E-state index in [4.69, 9.17) is 10.5 Å². The number of rotatable bonds is 0. The average molecular weight is 210 g/mol. The molecule has 0 aliphatic heterocycles. The van der Waals surface area contributed by atoms with E-state index in [-0.39, 0.29) is 54.2 Å². The standard InChI is InChI=1S/2CHNS.Ca.3H2O/c2*2-1-3;;;;/h2*3H;;3*1H2/q;;+2;;;/p-2. The fraction of sp³-hybridized carbons (Fsp3) is 0. The van der Waals surface area contributed by atoms with Crippen molar-refractivity contribution in [2.24, 2.45) is 0 Å². The van der Waals surface area contributed by atoms with Gasteiger partial charge in [-0.1, -0.05) is 10.8 Å². The Morgan fingerprint density at radius 3 is 0.800 bits per heavy atom. The van der Waals surface area contributed by atoms with Crippen LogP contribution in [0.1, 0.15) is 0 Å². The topological polar surface area (TPSA) is 142 Å². The molecular weight excluding hydrogens is 204 g/mol. The quantitative estimate of drug-likeness (QED) is 0.241. The molecule has 0 heterocycles. The number of hydrogen-bond donors (Lipinski definition) is 0. The maximum absolute atomic E-state index is 7.13. The Morgan fingerprint density at radius 2 is 0.800 bits per heavy atom.